The van der Waals surface area contributed by atoms with Crippen molar-refractivity contribution in [3.8, 4) is 0 Å². The molecule has 7 heteroatoms. The number of hydrazine groups is 1. The fourth-order valence-electron chi connectivity index (χ4n) is 1.83. The summed E-state index contributed by atoms with van der Waals surface area (Å²) in [6.07, 6.45) is -0.0400. The number of ketones is 2. The maximum atomic E-state index is 11.3. The highest BCUT2D eigenvalue weighted by Gasteiger charge is 2.07. The van der Waals surface area contributed by atoms with Crippen molar-refractivity contribution >= 4 is 41.5 Å². The van der Waals surface area contributed by atoms with Crippen molar-refractivity contribution in [2.24, 2.45) is 5.84 Å². The number of benzene rings is 2. The van der Waals surface area contributed by atoms with Gasteiger partial charge in [-0.25, -0.2) is 5.84 Å². The van der Waals surface area contributed by atoms with Gasteiger partial charge in [0.15, 0.2) is 5.78 Å². The Hall–Kier alpha value is -2.21. The topological polar surface area (TPSA) is 89.3 Å². The first-order chi connectivity index (χ1) is 11.3. The molecule has 0 aliphatic heterocycles. The van der Waals surface area contributed by atoms with Crippen LogP contribution in [0.1, 0.15) is 39.6 Å². The van der Waals surface area contributed by atoms with E-state index >= 15 is 0 Å². The Morgan fingerprint density at radius 3 is 2.12 bits per heavy atom. The lowest BCUT2D eigenvalue weighted by Gasteiger charge is -1.98. The van der Waals surface area contributed by atoms with E-state index in [1.165, 1.54) is 6.92 Å². The summed E-state index contributed by atoms with van der Waals surface area (Å²) >= 11 is 5.64. The number of hydrogen-bond donors (Lipinski definition) is 2. The van der Waals surface area contributed by atoms with Crippen molar-refractivity contribution in [3.05, 3.63) is 70.2 Å². The van der Waals surface area contributed by atoms with Gasteiger partial charge in [-0.05, 0) is 50.2 Å². The zero-order valence-electron chi connectivity index (χ0n) is 13.9. The highest BCUT2D eigenvalue weighted by atomic mass is 35.5. The third-order valence-electron chi connectivity index (χ3n) is 2.99. The van der Waals surface area contributed by atoms with E-state index in [1.54, 1.807) is 36.4 Å². The van der Waals surface area contributed by atoms with Crippen LogP contribution >= 0.6 is 24.0 Å². The lowest BCUT2D eigenvalue weighted by Crippen LogP contribution is -2.29. The molecule has 0 unspecified atom stereocenters. The Bertz CT molecular complexity index is 731. The molecule has 1 amide bonds. The molecule has 5 nitrogen and oxygen atoms in total. The lowest BCUT2D eigenvalue weighted by molar-refractivity contribution is -0.116. The number of halogens is 2. The summed E-state index contributed by atoms with van der Waals surface area (Å²) < 4.78 is 0. The summed E-state index contributed by atoms with van der Waals surface area (Å²) in [5.74, 6) is 4.41. The van der Waals surface area contributed by atoms with Crippen LogP contribution in [0.25, 0.3) is 0 Å². The molecule has 0 aliphatic carbocycles. The van der Waals surface area contributed by atoms with Crippen LogP contribution in [-0.4, -0.2) is 17.5 Å². The van der Waals surface area contributed by atoms with E-state index in [-0.39, 0.29) is 36.3 Å². The average molecular weight is 383 g/mol. The molecule has 0 saturated carbocycles. The molecular weight excluding hydrogens is 363 g/mol. The minimum Gasteiger partial charge on any atom is -0.300 e. The van der Waals surface area contributed by atoms with Crippen LogP contribution in [0.3, 0.4) is 0 Å². The van der Waals surface area contributed by atoms with Crippen LogP contribution in [-0.2, 0) is 4.79 Å². The highest BCUT2D eigenvalue weighted by molar-refractivity contribution is 6.30. The van der Waals surface area contributed by atoms with Gasteiger partial charge in [0, 0.05) is 16.1 Å². The molecule has 0 bridgehead atoms. The zero-order chi connectivity index (χ0) is 18.1. The third-order valence-corrected chi connectivity index (χ3v) is 3.24. The van der Waals surface area contributed by atoms with Gasteiger partial charge in [0.2, 0.25) is 0 Å². The number of nitrogens with two attached hydrogens (primary N) is 1. The Labute approximate surface area is 157 Å². The number of Topliss-reactive ketones (excluding diaryl/α,β-unsaturated/α-hetero) is 2. The fourth-order valence-corrected chi connectivity index (χ4v) is 1.96. The predicted molar refractivity (Wildman–Crippen MR) is 101 cm³/mol. The normalized spacial score (nSPS) is 9.12. The molecule has 134 valence electrons. The molecule has 2 aromatic rings. The highest BCUT2D eigenvalue weighted by Crippen LogP contribution is 2.11. The molecule has 0 fully saturated rings. The second kappa shape index (κ2) is 11.4. The van der Waals surface area contributed by atoms with E-state index < -0.39 is 0 Å². The third kappa shape index (κ3) is 8.44. The van der Waals surface area contributed by atoms with Crippen molar-refractivity contribution in [2.75, 3.05) is 0 Å². The van der Waals surface area contributed by atoms with Crippen LogP contribution in [0, 0.1) is 6.92 Å². The van der Waals surface area contributed by atoms with Gasteiger partial charge in [-0.1, -0.05) is 29.3 Å². The molecule has 0 heterocycles. The van der Waals surface area contributed by atoms with Gasteiger partial charge in [-0.2, -0.15) is 0 Å². The maximum absolute atomic E-state index is 11.3. The number of nitrogens with one attached hydrogen (secondary N) is 1. The van der Waals surface area contributed by atoms with Gasteiger partial charge in [0.1, 0.15) is 5.78 Å². The molecule has 0 radical (unpaired) electrons. The molecule has 2 aromatic carbocycles. The molecular formula is C18H20Cl2N2O3. The Morgan fingerprint density at radius 1 is 1.04 bits per heavy atom. The molecule has 0 spiro atoms. The van der Waals surface area contributed by atoms with E-state index in [2.05, 4.69) is 5.43 Å². The minimum absolute atomic E-state index is 0. The summed E-state index contributed by atoms with van der Waals surface area (Å²) in [7, 11) is 0. The standard InChI is InChI=1S/C10H9ClO2.C8H10N2O.ClH/c1-7(12)6-10(13)8-2-4-9(11)5-3-8;1-6-3-2-4-7(5-6)8(11)10-9;/h2-5H,6H2,1H3;2-5H,9H2,1H3,(H,10,11);1H. The van der Waals surface area contributed by atoms with Crippen molar-refractivity contribution in [2.45, 2.75) is 20.3 Å². The summed E-state index contributed by atoms with van der Waals surface area (Å²) in [5, 5.41) is 0.583. The second-order valence-electron chi connectivity index (χ2n) is 5.15. The van der Waals surface area contributed by atoms with Crippen molar-refractivity contribution < 1.29 is 14.4 Å². The summed E-state index contributed by atoms with van der Waals surface area (Å²) in [4.78, 5) is 32.9. The van der Waals surface area contributed by atoms with E-state index in [0.29, 0.717) is 16.1 Å². The van der Waals surface area contributed by atoms with Crippen molar-refractivity contribution in [1.82, 2.24) is 5.43 Å². The van der Waals surface area contributed by atoms with Gasteiger partial charge in [-0.3, -0.25) is 19.8 Å². The first-order valence-corrected chi connectivity index (χ1v) is 7.57. The summed E-state index contributed by atoms with van der Waals surface area (Å²) in [6.45, 7) is 3.32. The molecule has 3 N–H and O–H groups in total. The van der Waals surface area contributed by atoms with Crippen LogP contribution in [0.5, 0.6) is 0 Å². The van der Waals surface area contributed by atoms with E-state index in [9.17, 15) is 14.4 Å². The zero-order valence-corrected chi connectivity index (χ0v) is 15.5. The van der Waals surface area contributed by atoms with Gasteiger partial charge >= 0.3 is 0 Å². The Kier molecular flexibility index (Phi) is 10.4. The van der Waals surface area contributed by atoms with Gasteiger partial charge < -0.3 is 0 Å². The van der Waals surface area contributed by atoms with E-state index in [4.69, 9.17) is 17.4 Å². The van der Waals surface area contributed by atoms with E-state index in [1.807, 2.05) is 19.1 Å². The van der Waals surface area contributed by atoms with Gasteiger partial charge in [0.05, 0.1) is 6.42 Å². The number of carbonyl (C=O) groups excluding carboxylic acids is 3. The average Bonchev–Trinajstić information content (AvgIpc) is 2.54. The maximum Gasteiger partial charge on any atom is 0.265 e. The number of hydrogen-bond acceptors (Lipinski definition) is 4. The fraction of sp³-hybridized carbons (Fsp3) is 0.167. The minimum atomic E-state index is -0.256. The lowest BCUT2D eigenvalue weighted by atomic mass is 10.1. The van der Waals surface area contributed by atoms with Crippen LogP contribution in [0.2, 0.25) is 5.02 Å². The number of rotatable bonds is 4. The predicted octanol–water partition coefficient (Wildman–Crippen LogP) is 3.52. The van der Waals surface area contributed by atoms with Gasteiger partial charge in [0.25, 0.3) is 5.91 Å². The van der Waals surface area contributed by atoms with Gasteiger partial charge in [-0.15, -0.1) is 12.4 Å². The van der Waals surface area contributed by atoms with Crippen LogP contribution in [0.15, 0.2) is 48.5 Å². The van der Waals surface area contributed by atoms with Crippen LogP contribution in [0.4, 0.5) is 0 Å². The second-order valence-corrected chi connectivity index (χ2v) is 5.59. The largest absolute Gasteiger partial charge is 0.300 e. The number of aryl methyl sites for hydroxylation is 1. The van der Waals surface area contributed by atoms with E-state index in [0.717, 1.165) is 5.56 Å². The van der Waals surface area contributed by atoms with Crippen LogP contribution < -0.4 is 11.3 Å². The number of carbonyl (C=O) groups is 3. The quantitative estimate of drug-likeness (QED) is 0.278. The molecule has 0 aliphatic rings. The molecule has 0 saturated heterocycles. The first kappa shape index (κ1) is 22.8. The molecule has 25 heavy (non-hydrogen) atoms. The van der Waals surface area contributed by atoms with Crippen molar-refractivity contribution in [3.63, 3.8) is 0 Å². The molecule has 0 aromatic heterocycles. The Morgan fingerprint density at radius 2 is 1.64 bits per heavy atom. The summed E-state index contributed by atoms with van der Waals surface area (Å²) in [5.41, 5.74) is 4.23. The number of amides is 1. The monoisotopic (exact) mass is 382 g/mol. The number of nitrogen functional groups attached to an aromatic ring is 1. The first-order valence-electron chi connectivity index (χ1n) is 7.19. The van der Waals surface area contributed by atoms with Crippen molar-refractivity contribution in [1.29, 1.82) is 0 Å². The molecule has 0 atom stereocenters. The molecule has 2 rings (SSSR count). The summed E-state index contributed by atoms with van der Waals surface area (Å²) in [6, 6.07) is 13.7. The Balaban J connectivity index is 0.000000449. The smallest absolute Gasteiger partial charge is 0.265 e. The SMILES string of the molecule is CC(=O)CC(=O)c1ccc(Cl)cc1.Cc1cccc(C(=O)NN)c1.Cl.